The SMILES string of the molecule is C=CC1=C(/C=C\C)C(=O)OC12c1ccc(N(C)C)cc1Oc1cc(N(C)C)ccc12. The molecule has 0 bridgehead atoms. The first kappa shape index (κ1) is 19.8. The normalized spacial score (nSPS) is 16.2. The first-order valence-electron chi connectivity index (χ1n) is 9.88. The molecular formula is C25H26N2O3. The fourth-order valence-electron chi connectivity index (χ4n) is 4.12. The molecule has 2 aliphatic rings. The topological polar surface area (TPSA) is 42.0 Å². The largest absolute Gasteiger partial charge is 0.456 e. The first-order chi connectivity index (χ1) is 14.3. The van der Waals surface area contributed by atoms with Gasteiger partial charge in [-0.15, -0.1) is 0 Å². The van der Waals surface area contributed by atoms with E-state index in [0.29, 0.717) is 17.1 Å². The van der Waals surface area contributed by atoms with Gasteiger partial charge in [-0.3, -0.25) is 0 Å². The average Bonchev–Trinajstić information content (AvgIpc) is 2.99. The fourth-order valence-corrected chi connectivity index (χ4v) is 4.12. The predicted molar refractivity (Wildman–Crippen MR) is 121 cm³/mol. The lowest BCUT2D eigenvalue weighted by molar-refractivity contribution is -0.144. The smallest absolute Gasteiger partial charge is 0.340 e. The standard InChI is InChI=1S/C25H26N2O3/c1-7-9-18-19(8-2)25(30-24(18)28)20-12-10-16(26(3)4)14-22(20)29-23-15-17(27(5)6)11-13-21(23)25/h7-15H,2H2,1,3-6H3/b9-7-. The molecule has 0 aromatic heterocycles. The molecule has 2 aromatic rings. The summed E-state index contributed by atoms with van der Waals surface area (Å²) in [6, 6.07) is 11.9. The van der Waals surface area contributed by atoms with E-state index >= 15 is 0 Å². The Morgan fingerprint density at radius 2 is 1.47 bits per heavy atom. The molecule has 154 valence electrons. The van der Waals surface area contributed by atoms with E-state index in [1.807, 2.05) is 87.4 Å². The van der Waals surface area contributed by atoms with Crippen molar-refractivity contribution in [3.8, 4) is 11.5 Å². The number of carbonyl (C=O) groups excluding carboxylic acids is 1. The van der Waals surface area contributed by atoms with Crippen molar-refractivity contribution in [3.05, 3.63) is 83.5 Å². The van der Waals surface area contributed by atoms with Gasteiger partial charge >= 0.3 is 5.97 Å². The van der Waals surface area contributed by atoms with Crippen LogP contribution in [0, 0.1) is 0 Å². The van der Waals surface area contributed by atoms with Crippen molar-refractivity contribution in [3.63, 3.8) is 0 Å². The number of benzene rings is 2. The highest BCUT2D eigenvalue weighted by Crippen LogP contribution is 2.57. The van der Waals surface area contributed by atoms with Crippen LogP contribution < -0.4 is 14.5 Å². The Hall–Kier alpha value is -3.47. The third-order valence-electron chi connectivity index (χ3n) is 5.61. The zero-order valence-corrected chi connectivity index (χ0v) is 18.0. The fraction of sp³-hybridized carbons (Fsp3) is 0.240. The second-order valence-corrected chi connectivity index (χ2v) is 7.85. The van der Waals surface area contributed by atoms with Crippen molar-refractivity contribution < 1.29 is 14.3 Å². The van der Waals surface area contributed by atoms with Crippen molar-refractivity contribution >= 4 is 17.3 Å². The molecular weight excluding hydrogens is 376 g/mol. The number of hydrogen-bond acceptors (Lipinski definition) is 5. The summed E-state index contributed by atoms with van der Waals surface area (Å²) >= 11 is 0. The molecule has 2 aliphatic heterocycles. The molecule has 0 unspecified atom stereocenters. The number of ether oxygens (including phenoxy) is 2. The number of hydrogen-bond donors (Lipinski definition) is 0. The molecule has 1 spiro atoms. The predicted octanol–water partition coefficient (Wildman–Crippen LogP) is 4.78. The van der Waals surface area contributed by atoms with Gasteiger partial charge in [0.15, 0.2) is 5.60 Å². The van der Waals surface area contributed by atoms with Crippen molar-refractivity contribution in [2.24, 2.45) is 0 Å². The van der Waals surface area contributed by atoms with Gasteiger partial charge in [0.05, 0.1) is 5.57 Å². The molecule has 0 aliphatic carbocycles. The summed E-state index contributed by atoms with van der Waals surface area (Å²) in [5.41, 5.74) is 3.73. The minimum absolute atomic E-state index is 0.366. The Labute approximate surface area is 177 Å². The molecule has 0 saturated heterocycles. The van der Waals surface area contributed by atoms with Crippen molar-refractivity contribution in [2.45, 2.75) is 12.5 Å². The van der Waals surface area contributed by atoms with Crippen LogP contribution in [0.1, 0.15) is 18.1 Å². The number of allylic oxidation sites excluding steroid dienone is 1. The molecule has 0 amide bonds. The maximum absolute atomic E-state index is 12.9. The number of rotatable bonds is 4. The van der Waals surface area contributed by atoms with Gasteiger partial charge in [-0.05, 0) is 31.2 Å². The summed E-state index contributed by atoms with van der Waals surface area (Å²) in [7, 11) is 7.92. The molecule has 30 heavy (non-hydrogen) atoms. The molecule has 2 aromatic carbocycles. The van der Waals surface area contributed by atoms with Crippen molar-refractivity contribution in [1.82, 2.24) is 0 Å². The molecule has 0 saturated carbocycles. The van der Waals surface area contributed by atoms with Crippen molar-refractivity contribution in [1.29, 1.82) is 0 Å². The van der Waals surface area contributed by atoms with Gasteiger partial charge in [0.2, 0.25) is 0 Å². The van der Waals surface area contributed by atoms with E-state index in [1.165, 1.54) is 0 Å². The first-order valence-corrected chi connectivity index (χ1v) is 9.88. The van der Waals surface area contributed by atoms with E-state index < -0.39 is 5.60 Å². The van der Waals surface area contributed by atoms with Crippen LogP contribution in [-0.4, -0.2) is 34.2 Å². The molecule has 0 radical (unpaired) electrons. The monoisotopic (exact) mass is 402 g/mol. The van der Waals surface area contributed by atoms with E-state index in [4.69, 9.17) is 9.47 Å². The Morgan fingerprint density at radius 1 is 0.933 bits per heavy atom. The lowest BCUT2D eigenvalue weighted by Crippen LogP contribution is -2.34. The zero-order chi connectivity index (χ0) is 21.6. The third kappa shape index (κ3) is 2.73. The van der Waals surface area contributed by atoms with Crippen LogP contribution in [0.4, 0.5) is 11.4 Å². The summed E-state index contributed by atoms with van der Waals surface area (Å²) in [5.74, 6) is 0.965. The maximum Gasteiger partial charge on any atom is 0.340 e. The highest BCUT2D eigenvalue weighted by Gasteiger charge is 2.53. The van der Waals surface area contributed by atoms with Crippen LogP contribution in [-0.2, 0) is 15.1 Å². The number of carbonyl (C=O) groups is 1. The Kier molecular flexibility index (Phi) is 4.69. The summed E-state index contributed by atoms with van der Waals surface area (Å²) in [6.45, 7) is 5.89. The minimum atomic E-state index is -1.09. The summed E-state index contributed by atoms with van der Waals surface area (Å²) in [4.78, 5) is 17.0. The summed E-state index contributed by atoms with van der Waals surface area (Å²) < 4.78 is 12.5. The summed E-state index contributed by atoms with van der Waals surface area (Å²) in [6.07, 6.45) is 5.34. The number of fused-ring (bicyclic) bond motifs is 4. The number of esters is 1. The Balaban J connectivity index is 2.06. The molecule has 0 atom stereocenters. The van der Waals surface area contributed by atoms with E-state index in [0.717, 1.165) is 28.1 Å². The highest BCUT2D eigenvalue weighted by molar-refractivity contribution is 5.98. The lowest BCUT2D eigenvalue weighted by Gasteiger charge is -2.38. The lowest BCUT2D eigenvalue weighted by atomic mass is 9.77. The molecule has 4 rings (SSSR count). The average molecular weight is 402 g/mol. The molecule has 5 nitrogen and oxygen atoms in total. The van der Waals surface area contributed by atoms with Gasteiger partial charge < -0.3 is 19.3 Å². The molecule has 0 N–H and O–H groups in total. The van der Waals surface area contributed by atoms with Gasteiger partial charge in [0, 0.05) is 68.4 Å². The van der Waals surface area contributed by atoms with Crippen LogP contribution in [0.15, 0.2) is 72.4 Å². The molecule has 5 heteroatoms. The summed E-state index contributed by atoms with van der Waals surface area (Å²) in [5, 5.41) is 0. The van der Waals surface area contributed by atoms with E-state index in [1.54, 1.807) is 12.2 Å². The highest BCUT2D eigenvalue weighted by atomic mass is 16.6. The Bertz CT molecular complexity index is 1050. The van der Waals surface area contributed by atoms with Gasteiger partial charge in [-0.2, -0.15) is 0 Å². The van der Waals surface area contributed by atoms with Crippen LogP contribution >= 0.6 is 0 Å². The van der Waals surface area contributed by atoms with E-state index in [-0.39, 0.29) is 5.97 Å². The quantitative estimate of drug-likeness (QED) is 0.689. The number of anilines is 2. The van der Waals surface area contributed by atoms with Crippen LogP contribution in [0.25, 0.3) is 0 Å². The van der Waals surface area contributed by atoms with E-state index in [2.05, 4.69) is 6.58 Å². The molecule has 0 fully saturated rings. The zero-order valence-electron chi connectivity index (χ0n) is 18.0. The second kappa shape index (κ2) is 7.10. The van der Waals surface area contributed by atoms with E-state index in [9.17, 15) is 4.79 Å². The number of nitrogens with zero attached hydrogens (tertiary/aromatic N) is 2. The molecule has 2 heterocycles. The van der Waals surface area contributed by atoms with Gasteiger partial charge in [-0.25, -0.2) is 4.79 Å². The Morgan fingerprint density at radius 3 is 1.90 bits per heavy atom. The van der Waals surface area contributed by atoms with Crippen LogP contribution in [0.3, 0.4) is 0 Å². The second-order valence-electron chi connectivity index (χ2n) is 7.85. The van der Waals surface area contributed by atoms with Gasteiger partial charge in [-0.1, -0.05) is 24.8 Å². The van der Waals surface area contributed by atoms with Gasteiger partial charge in [0.1, 0.15) is 11.5 Å². The van der Waals surface area contributed by atoms with Crippen molar-refractivity contribution in [2.75, 3.05) is 38.0 Å². The minimum Gasteiger partial charge on any atom is -0.456 e. The van der Waals surface area contributed by atoms with Gasteiger partial charge in [0.25, 0.3) is 0 Å². The maximum atomic E-state index is 12.9. The van der Waals surface area contributed by atoms with Crippen LogP contribution in [0.2, 0.25) is 0 Å². The third-order valence-corrected chi connectivity index (χ3v) is 5.61. The van der Waals surface area contributed by atoms with Crippen LogP contribution in [0.5, 0.6) is 11.5 Å².